The molecule has 2 aromatic rings. The number of aromatic nitrogens is 4. The van der Waals surface area contributed by atoms with Gasteiger partial charge in [0.05, 0.1) is 12.9 Å². The van der Waals surface area contributed by atoms with E-state index < -0.39 is 45.0 Å². The van der Waals surface area contributed by atoms with Gasteiger partial charge in [0.2, 0.25) is 11.9 Å². The summed E-state index contributed by atoms with van der Waals surface area (Å²) in [6.07, 6.45) is -2.24. The minimum atomic E-state index is -2.33. The first-order valence-corrected chi connectivity index (χ1v) is 13.6. The van der Waals surface area contributed by atoms with Crippen LogP contribution in [0.4, 0.5) is 5.95 Å². The lowest BCUT2D eigenvalue weighted by molar-refractivity contribution is -0.118. The van der Waals surface area contributed by atoms with Gasteiger partial charge >= 0.3 is 0 Å². The van der Waals surface area contributed by atoms with E-state index in [0.717, 1.165) is 0 Å². The van der Waals surface area contributed by atoms with Crippen LogP contribution in [0.2, 0.25) is 18.1 Å². The van der Waals surface area contributed by atoms with Crippen LogP contribution in [0.3, 0.4) is 0 Å². The number of amides is 1. The van der Waals surface area contributed by atoms with Gasteiger partial charge in [0, 0.05) is 5.92 Å². The average molecular weight is 468 g/mol. The Morgan fingerprint density at radius 1 is 1.41 bits per heavy atom. The minimum Gasteiger partial charge on any atom is -0.407 e. The number of anilines is 1. The summed E-state index contributed by atoms with van der Waals surface area (Å²) in [6, 6.07) is 0. The predicted molar refractivity (Wildman–Crippen MR) is 121 cm³/mol. The molecule has 0 spiro atoms. The summed E-state index contributed by atoms with van der Waals surface area (Å²) < 4.78 is 13.9. The maximum absolute atomic E-state index is 12.5. The van der Waals surface area contributed by atoms with Gasteiger partial charge in [-0.1, -0.05) is 34.6 Å². The number of nitrogens with zero attached hydrogens (tertiary/aromatic N) is 3. The fourth-order valence-electron chi connectivity index (χ4n) is 3.17. The summed E-state index contributed by atoms with van der Waals surface area (Å²) in [5, 5.41) is 23.0. The second kappa shape index (κ2) is 8.67. The largest absolute Gasteiger partial charge is 0.407 e. The molecule has 1 amide bonds. The van der Waals surface area contributed by atoms with Crippen molar-refractivity contribution >= 4 is 31.3 Å². The number of ether oxygens (including phenoxy) is 1. The number of carbonyl (C=O) groups is 1. The normalized spacial score (nSPS) is 24.4. The summed E-state index contributed by atoms with van der Waals surface area (Å²) in [5.41, 5.74) is -0.288. The predicted octanol–water partition coefficient (Wildman–Crippen LogP) is 1.36. The molecule has 32 heavy (non-hydrogen) atoms. The Hall–Kier alpha value is -2.12. The van der Waals surface area contributed by atoms with Crippen LogP contribution in [-0.2, 0) is 14.0 Å². The van der Waals surface area contributed by atoms with Crippen molar-refractivity contribution in [3.63, 3.8) is 0 Å². The van der Waals surface area contributed by atoms with E-state index >= 15 is 0 Å². The molecule has 4 N–H and O–H groups in total. The number of rotatable bonds is 6. The van der Waals surface area contributed by atoms with Crippen molar-refractivity contribution in [3.05, 3.63) is 16.7 Å². The zero-order valence-electron chi connectivity index (χ0n) is 19.5. The number of imidazole rings is 1. The van der Waals surface area contributed by atoms with Gasteiger partial charge in [-0.05, 0) is 18.1 Å². The number of nitrogens with one attached hydrogen (secondary N) is 2. The molecule has 0 aromatic carbocycles. The van der Waals surface area contributed by atoms with Crippen LogP contribution in [0.25, 0.3) is 11.2 Å². The van der Waals surface area contributed by atoms with Crippen LogP contribution in [0.15, 0.2) is 11.1 Å². The van der Waals surface area contributed by atoms with Crippen LogP contribution in [0.1, 0.15) is 40.8 Å². The number of carbonyl (C=O) groups excluding carboxylic acids is 1. The Bertz CT molecular complexity index is 1040. The summed E-state index contributed by atoms with van der Waals surface area (Å²) in [6.45, 7) is 13.4. The highest BCUT2D eigenvalue weighted by molar-refractivity contribution is 6.74. The van der Waals surface area contributed by atoms with E-state index in [9.17, 15) is 19.8 Å². The third-order valence-corrected chi connectivity index (χ3v) is 10.7. The highest BCUT2D eigenvalue weighted by atomic mass is 28.4. The van der Waals surface area contributed by atoms with E-state index in [1.807, 2.05) is 0 Å². The number of fused-ring (bicyclic) bond motifs is 1. The highest BCUT2D eigenvalue weighted by Crippen LogP contribution is 2.42. The van der Waals surface area contributed by atoms with E-state index in [1.54, 1.807) is 13.8 Å². The van der Waals surface area contributed by atoms with Crippen molar-refractivity contribution in [1.82, 2.24) is 19.5 Å². The van der Waals surface area contributed by atoms with Gasteiger partial charge in [0.1, 0.15) is 18.3 Å². The maximum atomic E-state index is 12.5. The van der Waals surface area contributed by atoms with Crippen LogP contribution in [0, 0.1) is 5.92 Å². The first-order chi connectivity index (χ1) is 14.8. The molecule has 4 atom stereocenters. The lowest BCUT2D eigenvalue weighted by atomic mass is 10.1. The van der Waals surface area contributed by atoms with Crippen molar-refractivity contribution < 1.29 is 24.2 Å². The number of aromatic amines is 1. The molecule has 0 aliphatic carbocycles. The third-order valence-electron chi connectivity index (χ3n) is 6.20. The SMILES string of the molecule is CC(C)C(=O)Nc1nc2c(ncn2C2OC(CO)C(O)C2O[Si](C)(C)C(C)(C)C)c(=O)[nH]1. The second-order valence-corrected chi connectivity index (χ2v) is 14.7. The zero-order chi connectivity index (χ0) is 24.0. The molecule has 12 heteroatoms. The maximum Gasteiger partial charge on any atom is 0.280 e. The molecule has 0 saturated carbocycles. The molecular formula is C20H33N5O6Si. The van der Waals surface area contributed by atoms with Gasteiger partial charge < -0.3 is 19.4 Å². The van der Waals surface area contributed by atoms with Gasteiger partial charge in [-0.2, -0.15) is 4.98 Å². The highest BCUT2D eigenvalue weighted by Gasteiger charge is 2.50. The third kappa shape index (κ3) is 4.50. The van der Waals surface area contributed by atoms with Crippen molar-refractivity contribution in [1.29, 1.82) is 0 Å². The Labute approximate surface area is 187 Å². The molecule has 11 nitrogen and oxygen atoms in total. The fraction of sp³-hybridized carbons (Fsp3) is 0.700. The Morgan fingerprint density at radius 2 is 2.06 bits per heavy atom. The standard InChI is InChI=1S/C20H33N5O6Si/c1-10(2)16(28)23-19-22-15-12(17(29)24-19)21-9-25(15)18-14(13(27)11(8-26)30-18)31-32(6,7)20(3,4)5/h9-11,13-14,18,26-27H,8H2,1-7H3,(H2,22,23,24,28,29). The molecule has 2 aromatic heterocycles. The Morgan fingerprint density at radius 3 is 2.62 bits per heavy atom. The van der Waals surface area contributed by atoms with Gasteiger partial charge in [-0.15, -0.1) is 0 Å². The van der Waals surface area contributed by atoms with Crippen LogP contribution in [-0.4, -0.2) is 68.9 Å². The molecule has 3 rings (SSSR count). The summed E-state index contributed by atoms with van der Waals surface area (Å²) >= 11 is 0. The Balaban J connectivity index is 2.05. The van der Waals surface area contributed by atoms with E-state index in [2.05, 4.69) is 54.1 Å². The number of hydrogen-bond acceptors (Lipinski definition) is 8. The molecule has 0 radical (unpaired) electrons. The topological polar surface area (TPSA) is 152 Å². The van der Waals surface area contributed by atoms with Crippen LogP contribution < -0.4 is 10.9 Å². The van der Waals surface area contributed by atoms with Crippen molar-refractivity contribution in [2.75, 3.05) is 11.9 Å². The molecule has 1 fully saturated rings. The second-order valence-electron chi connectivity index (χ2n) is 9.96. The quantitative estimate of drug-likeness (QED) is 0.465. The van der Waals surface area contributed by atoms with Crippen LogP contribution >= 0.6 is 0 Å². The molecular weight excluding hydrogens is 434 g/mol. The lowest BCUT2D eigenvalue weighted by Crippen LogP contribution is -2.48. The first-order valence-electron chi connectivity index (χ1n) is 10.7. The average Bonchev–Trinajstić information content (AvgIpc) is 3.22. The van der Waals surface area contributed by atoms with Gasteiger partial charge in [-0.3, -0.25) is 24.5 Å². The van der Waals surface area contributed by atoms with E-state index in [-0.39, 0.29) is 34.0 Å². The van der Waals surface area contributed by atoms with E-state index in [4.69, 9.17) is 9.16 Å². The molecule has 0 bridgehead atoms. The molecule has 3 heterocycles. The minimum absolute atomic E-state index is 0.0120. The van der Waals surface area contributed by atoms with Crippen LogP contribution in [0.5, 0.6) is 0 Å². The van der Waals surface area contributed by atoms with Gasteiger partial charge in [0.15, 0.2) is 25.7 Å². The van der Waals surface area contributed by atoms with E-state index in [0.29, 0.717) is 0 Å². The fourth-order valence-corrected chi connectivity index (χ4v) is 4.46. The number of aliphatic hydroxyl groups is 2. The molecule has 1 aliphatic heterocycles. The summed E-state index contributed by atoms with van der Waals surface area (Å²) in [7, 11) is -2.33. The first kappa shape index (κ1) is 24.5. The van der Waals surface area contributed by atoms with Crippen molar-refractivity contribution in [3.8, 4) is 0 Å². The summed E-state index contributed by atoms with van der Waals surface area (Å²) in [5.74, 6) is -0.616. The summed E-state index contributed by atoms with van der Waals surface area (Å²) in [4.78, 5) is 35.6. The number of hydrogen-bond donors (Lipinski definition) is 4. The molecule has 4 unspecified atom stereocenters. The molecule has 1 aliphatic rings. The zero-order valence-corrected chi connectivity index (χ0v) is 20.5. The molecule has 1 saturated heterocycles. The van der Waals surface area contributed by atoms with Gasteiger partial charge in [-0.25, -0.2) is 4.98 Å². The van der Waals surface area contributed by atoms with E-state index in [1.165, 1.54) is 10.9 Å². The number of H-pyrrole nitrogens is 1. The number of aliphatic hydroxyl groups excluding tert-OH is 2. The van der Waals surface area contributed by atoms with Crippen molar-refractivity contribution in [2.45, 2.75) is 77.3 Å². The Kier molecular flexibility index (Phi) is 6.64. The molecule has 178 valence electrons. The van der Waals surface area contributed by atoms with Gasteiger partial charge in [0.25, 0.3) is 5.56 Å². The smallest absolute Gasteiger partial charge is 0.280 e. The lowest BCUT2D eigenvalue weighted by Gasteiger charge is -2.40. The monoisotopic (exact) mass is 467 g/mol. The van der Waals surface area contributed by atoms with Crippen molar-refractivity contribution in [2.24, 2.45) is 5.92 Å².